The maximum absolute atomic E-state index is 12.5. The number of rotatable bonds is 13. The van der Waals surface area contributed by atoms with Crippen LogP contribution in [-0.2, 0) is 35.1 Å². The van der Waals surface area contributed by atoms with Gasteiger partial charge in [0, 0.05) is 12.8 Å². The molecule has 1 aromatic carbocycles. The minimum absolute atomic E-state index is 0.0866. The molecule has 0 unspecified atom stereocenters. The van der Waals surface area contributed by atoms with Crippen LogP contribution in [0.2, 0.25) is 0 Å². The number of esters is 4. The standard InChI is InChI=1S/C25H37NO8/c1-7-9-22(27)33-20-12-11-18(14-21(20)34-23(28)10-8-2)13-19(26)25(30)32-17(6)16(5)31-24(29)15(3)4/h11-12,14-17,19H,7-10,13,26H2,1-6H3/t16-,17-,19-/m0/s1. The van der Waals surface area contributed by atoms with Gasteiger partial charge in [-0.25, -0.2) is 0 Å². The summed E-state index contributed by atoms with van der Waals surface area (Å²) < 4.78 is 21.3. The van der Waals surface area contributed by atoms with Gasteiger partial charge in [0.2, 0.25) is 0 Å². The SMILES string of the molecule is CCCC(=O)Oc1ccc(C[C@H](N)C(=O)O[C@@H](C)[C@H](C)OC(=O)C(C)C)cc1OC(=O)CCC. The summed E-state index contributed by atoms with van der Waals surface area (Å²) in [6, 6.07) is 3.65. The van der Waals surface area contributed by atoms with E-state index >= 15 is 0 Å². The van der Waals surface area contributed by atoms with Crippen LogP contribution in [0.5, 0.6) is 11.5 Å². The minimum atomic E-state index is -1.01. The average Bonchev–Trinajstić information content (AvgIpc) is 2.75. The highest BCUT2D eigenvalue weighted by molar-refractivity contribution is 5.77. The third-order valence-electron chi connectivity index (χ3n) is 4.86. The lowest BCUT2D eigenvalue weighted by Gasteiger charge is -2.23. The number of carbonyl (C=O) groups excluding carboxylic acids is 4. The summed E-state index contributed by atoms with van der Waals surface area (Å²) in [5, 5.41) is 0. The largest absolute Gasteiger partial charge is 0.459 e. The predicted molar refractivity (Wildman–Crippen MR) is 125 cm³/mol. The molecule has 0 aliphatic rings. The fourth-order valence-corrected chi connectivity index (χ4v) is 2.72. The van der Waals surface area contributed by atoms with Crippen molar-refractivity contribution in [3.8, 4) is 11.5 Å². The second kappa shape index (κ2) is 14.3. The molecule has 190 valence electrons. The van der Waals surface area contributed by atoms with Crippen molar-refractivity contribution in [2.45, 2.75) is 91.9 Å². The Hall–Kier alpha value is -2.94. The summed E-state index contributed by atoms with van der Waals surface area (Å²) in [5.74, 6) is -2.04. The first kappa shape index (κ1) is 29.1. The van der Waals surface area contributed by atoms with Crippen molar-refractivity contribution < 1.29 is 38.1 Å². The van der Waals surface area contributed by atoms with Crippen LogP contribution < -0.4 is 15.2 Å². The molecule has 0 aliphatic carbocycles. The molecule has 3 atom stereocenters. The average molecular weight is 480 g/mol. The molecule has 0 aliphatic heterocycles. The molecule has 0 bridgehead atoms. The van der Waals surface area contributed by atoms with Gasteiger partial charge in [0.25, 0.3) is 0 Å². The van der Waals surface area contributed by atoms with E-state index < -0.39 is 36.2 Å². The van der Waals surface area contributed by atoms with Gasteiger partial charge in [0.1, 0.15) is 18.2 Å². The van der Waals surface area contributed by atoms with E-state index in [0.717, 1.165) is 0 Å². The Morgan fingerprint density at radius 1 is 0.794 bits per heavy atom. The second-order valence-electron chi connectivity index (χ2n) is 8.48. The molecule has 2 N–H and O–H groups in total. The highest BCUT2D eigenvalue weighted by Gasteiger charge is 2.25. The minimum Gasteiger partial charge on any atom is -0.459 e. The van der Waals surface area contributed by atoms with Crippen molar-refractivity contribution in [1.82, 2.24) is 0 Å². The normalized spacial score (nSPS) is 13.5. The Bertz CT molecular complexity index is 851. The van der Waals surface area contributed by atoms with Crippen LogP contribution in [0, 0.1) is 5.92 Å². The van der Waals surface area contributed by atoms with Gasteiger partial charge < -0.3 is 24.7 Å². The van der Waals surface area contributed by atoms with E-state index in [2.05, 4.69) is 0 Å². The van der Waals surface area contributed by atoms with E-state index in [1.54, 1.807) is 33.8 Å². The fourth-order valence-electron chi connectivity index (χ4n) is 2.72. The summed E-state index contributed by atoms with van der Waals surface area (Å²) in [4.78, 5) is 48.2. The van der Waals surface area contributed by atoms with Crippen LogP contribution in [0.15, 0.2) is 18.2 Å². The molecule has 0 amide bonds. The monoisotopic (exact) mass is 479 g/mol. The number of hydrogen-bond donors (Lipinski definition) is 1. The molecule has 0 saturated carbocycles. The van der Waals surface area contributed by atoms with E-state index in [4.69, 9.17) is 24.7 Å². The maximum Gasteiger partial charge on any atom is 0.323 e. The molecular formula is C25H37NO8. The topological polar surface area (TPSA) is 131 Å². The zero-order valence-corrected chi connectivity index (χ0v) is 20.9. The van der Waals surface area contributed by atoms with Gasteiger partial charge in [0.15, 0.2) is 11.5 Å². The van der Waals surface area contributed by atoms with E-state index in [1.807, 2.05) is 13.8 Å². The van der Waals surface area contributed by atoms with Gasteiger partial charge >= 0.3 is 23.9 Å². The predicted octanol–water partition coefficient (Wildman–Crippen LogP) is 3.49. The molecule has 0 aromatic heterocycles. The van der Waals surface area contributed by atoms with Crippen molar-refractivity contribution in [2.24, 2.45) is 11.7 Å². The first-order valence-electron chi connectivity index (χ1n) is 11.7. The Morgan fingerprint density at radius 3 is 1.79 bits per heavy atom. The Kier molecular flexibility index (Phi) is 12.3. The summed E-state index contributed by atoms with van der Waals surface area (Å²) in [7, 11) is 0. The second-order valence-corrected chi connectivity index (χ2v) is 8.48. The van der Waals surface area contributed by atoms with Gasteiger partial charge in [0.05, 0.1) is 5.92 Å². The molecule has 0 spiro atoms. The number of ether oxygens (including phenoxy) is 4. The van der Waals surface area contributed by atoms with E-state index in [9.17, 15) is 19.2 Å². The van der Waals surface area contributed by atoms with Gasteiger partial charge in [-0.1, -0.05) is 33.8 Å². The van der Waals surface area contributed by atoms with Crippen LogP contribution >= 0.6 is 0 Å². The van der Waals surface area contributed by atoms with Crippen LogP contribution in [0.4, 0.5) is 0 Å². The van der Waals surface area contributed by atoms with Crippen molar-refractivity contribution in [3.63, 3.8) is 0 Å². The Balaban J connectivity index is 2.89. The number of hydrogen-bond acceptors (Lipinski definition) is 9. The molecule has 9 heteroatoms. The smallest absolute Gasteiger partial charge is 0.323 e. The summed E-state index contributed by atoms with van der Waals surface area (Å²) >= 11 is 0. The molecule has 1 aromatic rings. The third kappa shape index (κ3) is 9.91. The molecule has 9 nitrogen and oxygen atoms in total. The van der Waals surface area contributed by atoms with E-state index in [-0.39, 0.29) is 42.6 Å². The first-order chi connectivity index (χ1) is 16.0. The lowest BCUT2D eigenvalue weighted by atomic mass is 10.1. The van der Waals surface area contributed by atoms with Crippen LogP contribution in [-0.4, -0.2) is 42.1 Å². The maximum atomic E-state index is 12.5. The van der Waals surface area contributed by atoms with Crippen LogP contribution in [0.1, 0.15) is 72.8 Å². The molecule has 0 fully saturated rings. The molecular weight excluding hydrogens is 442 g/mol. The third-order valence-corrected chi connectivity index (χ3v) is 4.86. The summed E-state index contributed by atoms with van der Waals surface area (Å²) in [6.45, 7) is 10.4. The number of nitrogens with two attached hydrogens (primary N) is 1. The fraction of sp³-hybridized carbons (Fsp3) is 0.600. The molecule has 34 heavy (non-hydrogen) atoms. The van der Waals surface area contributed by atoms with E-state index in [0.29, 0.717) is 18.4 Å². The van der Waals surface area contributed by atoms with Crippen LogP contribution in [0.3, 0.4) is 0 Å². The van der Waals surface area contributed by atoms with Crippen molar-refractivity contribution in [3.05, 3.63) is 23.8 Å². The number of carbonyl (C=O) groups is 4. The van der Waals surface area contributed by atoms with Gasteiger partial charge in [-0.3, -0.25) is 19.2 Å². The van der Waals surface area contributed by atoms with Gasteiger partial charge in [-0.2, -0.15) is 0 Å². The Morgan fingerprint density at radius 2 is 1.29 bits per heavy atom. The van der Waals surface area contributed by atoms with Crippen molar-refractivity contribution >= 4 is 23.9 Å². The molecule has 0 saturated heterocycles. The zero-order valence-electron chi connectivity index (χ0n) is 20.9. The summed E-state index contributed by atoms with van der Waals surface area (Å²) in [5.41, 5.74) is 6.62. The zero-order chi connectivity index (χ0) is 25.8. The van der Waals surface area contributed by atoms with E-state index in [1.165, 1.54) is 12.1 Å². The first-order valence-corrected chi connectivity index (χ1v) is 11.7. The van der Waals surface area contributed by atoms with Gasteiger partial charge in [-0.15, -0.1) is 0 Å². The Labute approximate surface area is 201 Å². The van der Waals surface area contributed by atoms with Gasteiger partial charge in [-0.05, 0) is 50.8 Å². The molecule has 0 radical (unpaired) electrons. The summed E-state index contributed by atoms with van der Waals surface area (Å²) in [6.07, 6.45) is 0.419. The lowest BCUT2D eigenvalue weighted by molar-refractivity contribution is -0.168. The van der Waals surface area contributed by atoms with Crippen LogP contribution in [0.25, 0.3) is 0 Å². The van der Waals surface area contributed by atoms with Crippen molar-refractivity contribution in [1.29, 1.82) is 0 Å². The highest BCUT2D eigenvalue weighted by Crippen LogP contribution is 2.30. The quantitative estimate of drug-likeness (QED) is 0.333. The van der Waals surface area contributed by atoms with Crippen molar-refractivity contribution in [2.75, 3.05) is 0 Å². The highest BCUT2D eigenvalue weighted by atomic mass is 16.6. The molecule has 0 heterocycles. The molecule has 1 rings (SSSR count). The lowest BCUT2D eigenvalue weighted by Crippen LogP contribution is -2.39. The number of benzene rings is 1.